The van der Waals surface area contributed by atoms with Crippen LogP contribution in [-0.2, 0) is 0 Å². The van der Waals surface area contributed by atoms with Crippen LogP contribution in [0.3, 0.4) is 0 Å². The quantitative estimate of drug-likeness (QED) is 0.826. The highest BCUT2D eigenvalue weighted by molar-refractivity contribution is 6.00. The molecule has 1 fully saturated rings. The largest absolute Gasteiger partial charge is 0.443 e. The van der Waals surface area contributed by atoms with Crippen LogP contribution in [0.15, 0.2) is 29.0 Å². The zero-order valence-electron chi connectivity index (χ0n) is 10.0. The first kappa shape index (κ1) is 11.4. The number of carbonyl (C=O) groups is 1. The minimum atomic E-state index is -0.231. The zero-order valence-corrected chi connectivity index (χ0v) is 10.0. The van der Waals surface area contributed by atoms with Crippen molar-refractivity contribution in [2.45, 2.75) is 31.8 Å². The number of aromatic nitrogens is 1. The topological polar surface area (TPSA) is 63.3 Å². The number of hydrogen-bond acceptors (Lipinski definition) is 4. The first-order chi connectivity index (χ1) is 8.74. The van der Waals surface area contributed by atoms with E-state index in [0.29, 0.717) is 11.1 Å². The Hall–Kier alpha value is -1.68. The van der Waals surface area contributed by atoms with Crippen LogP contribution < -0.4 is 0 Å². The molecule has 0 unspecified atom stereocenters. The van der Waals surface area contributed by atoms with E-state index in [0.717, 1.165) is 31.2 Å². The normalized spacial score (nSPS) is 24.3. The summed E-state index contributed by atoms with van der Waals surface area (Å²) in [7, 11) is 0. The fourth-order valence-electron chi connectivity index (χ4n) is 2.58. The van der Waals surface area contributed by atoms with Gasteiger partial charge in [0.2, 0.25) is 0 Å². The van der Waals surface area contributed by atoms with Gasteiger partial charge in [-0.3, -0.25) is 4.79 Å². The van der Waals surface area contributed by atoms with E-state index in [4.69, 9.17) is 4.42 Å². The molecule has 4 nitrogen and oxygen atoms in total. The summed E-state index contributed by atoms with van der Waals surface area (Å²) in [4.78, 5) is 16.4. The summed E-state index contributed by atoms with van der Waals surface area (Å²) in [6.07, 6.45) is 4.14. The van der Waals surface area contributed by atoms with Gasteiger partial charge >= 0.3 is 0 Å². The minimum absolute atomic E-state index is 0.0359. The number of oxazole rings is 1. The van der Waals surface area contributed by atoms with Crippen molar-refractivity contribution in [1.82, 2.24) is 4.98 Å². The van der Waals surface area contributed by atoms with Crippen LogP contribution >= 0.6 is 0 Å². The Morgan fingerprint density at radius 3 is 2.83 bits per heavy atom. The van der Waals surface area contributed by atoms with Crippen molar-refractivity contribution in [3.63, 3.8) is 0 Å². The van der Waals surface area contributed by atoms with Crippen LogP contribution in [0, 0.1) is 5.92 Å². The molecule has 0 aliphatic heterocycles. The third-order valence-electron chi connectivity index (χ3n) is 3.68. The summed E-state index contributed by atoms with van der Waals surface area (Å²) in [6, 6.07) is 5.37. The predicted octanol–water partition coefficient (Wildman–Crippen LogP) is 2.56. The van der Waals surface area contributed by atoms with Gasteiger partial charge in [0.1, 0.15) is 5.52 Å². The second-order valence-corrected chi connectivity index (χ2v) is 4.90. The molecule has 94 valence electrons. The molecule has 4 heteroatoms. The first-order valence-corrected chi connectivity index (χ1v) is 6.29. The summed E-state index contributed by atoms with van der Waals surface area (Å²) in [5, 5.41) is 9.46. The molecule has 18 heavy (non-hydrogen) atoms. The standard InChI is InChI=1S/C14H15NO3/c16-11-4-1-9(2-5-11)14(17)10-3-6-12-13(7-10)18-8-15-12/h3,6-9,11,16H,1-2,4-5H2. The van der Waals surface area contributed by atoms with E-state index in [1.54, 1.807) is 12.1 Å². The lowest BCUT2D eigenvalue weighted by Gasteiger charge is -2.24. The number of aliphatic hydroxyl groups excluding tert-OH is 1. The molecule has 0 radical (unpaired) electrons. The number of rotatable bonds is 2. The van der Waals surface area contributed by atoms with E-state index in [9.17, 15) is 9.90 Å². The Labute approximate surface area is 105 Å². The van der Waals surface area contributed by atoms with E-state index in [1.165, 1.54) is 6.39 Å². The van der Waals surface area contributed by atoms with Crippen LogP contribution in [0.25, 0.3) is 11.1 Å². The van der Waals surface area contributed by atoms with Crippen molar-refractivity contribution in [1.29, 1.82) is 0 Å². The van der Waals surface area contributed by atoms with Crippen LogP contribution in [0.1, 0.15) is 36.0 Å². The molecule has 1 saturated carbocycles. The fourth-order valence-corrected chi connectivity index (χ4v) is 2.58. The molecule has 0 atom stereocenters. The molecule has 0 saturated heterocycles. The van der Waals surface area contributed by atoms with E-state index >= 15 is 0 Å². The number of hydrogen-bond donors (Lipinski definition) is 1. The molecule has 1 N–H and O–H groups in total. The molecule has 0 bridgehead atoms. The maximum Gasteiger partial charge on any atom is 0.181 e. The maximum atomic E-state index is 12.3. The Morgan fingerprint density at radius 2 is 2.06 bits per heavy atom. The Bertz CT molecular complexity index is 567. The Kier molecular flexibility index (Phi) is 2.88. The van der Waals surface area contributed by atoms with Crippen molar-refractivity contribution in [2.75, 3.05) is 0 Å². The van der Waals surface area contributed by atoms with Crippen molar-refractivity contribution in [2.24, 2.45) is 5.92 Å². The summed E-state index contributed by atoms with van der Waals surface area (Å²) >= 11 is 0. The molecule has 1 aromatic carbocycles. The van der Waals surface area contributed by atoms with Crippen molar-refractivity contribution in [3.8, 4) is 0 Å². The molecular weight excluding hydrogens is 230 g/mol. The highest BCUT2D eigenvalue weighted by Gasteiger charge is 2.26. The summed E-state index contributed by atoms with van der Waals surface area (Å²) in [5.74, 6) is 0.189. The van der Waals surface area contributed by atoms with Gasteiger partial charge in [-0.1, -0.05) is 0 Å². The first-order valence-electron chi connectivity index (χ1n) is 6.29. The predicted molar refractivity (Wildman–Crippen MR) is 66.3 cm³/mol. The Balaban J connectivity index is 1.82. The van der Waals surface area contributed by atoms with Gasteiger partial charge in [-0.2, -0.15) is 0 Å². The molecule has 3 rings (SSSR count). The van der Waals surface area contributed by atoms with Gasteiger partial charge in [0.25, 0.3) is 0 Å². The summed E-state index contributed by atoms with van der Waals surface area (Å²) < 4.78 is 5.21. The summed E-state index contributed by atoms with van der Waals surface area (Å²) in [6.45, 7) is 0. The monoisotopic (exact) mass is 245 g/mol. The SMILES string of the molecule is O=C(c1ccc2ncoc2c1)C1CCC(O)CC1. The van der Waals surface area contributed by atoms with Gasteiger partial charge in [-0.15, -0.1) is 0 Å². The molecule has 1 aliphatic rings. The number of ketones is 1. The lowest BCUT2D eigenvalue weighted by Crippen LogP contribution is -2.24. The number of nitrogens with zero attached hydrogens (tertiary/aromatic N) is 1. The van der Waals surface area contributed by atoms with Crippen molar-refractivity contribution in [3.05, 3.63) is 30.2 Å². The molecule has 1 aliphatic carbocycles. The van der Waals surface area contributed by atoms with Crippen molar-refractivity contribution < 1.29 is 14.3 Å². The average molecular weight is 245 g/mol. The molecule has 1 aromatic heterocycles. The third-order valence-corrected chi connectivity index (χ3v) is 3.68. The second-order valence-electron chi connectivity index (χ2n) is 4.90. The number of carbonyl (C=O) groups excluding carboxylic acids is 1. The van der Waals surface area contributed by atoms with Crippen LogP contribution in [0.2, 0.25) is 0 Å². The Morgan fingerprint density at radius 1 is 1.28 bits per heavy atom. The van der Waals surface area contributed by atoms with Gasteiger partial charge in [-0.05, 0) is 43.9 Å². The molecule has 0 spiro atoms. The number of benzene rings is 1. The molecular formula is C14H15NO3. The number of aliphatic hydroxyl groups is 1. The highest BCUT2D eigenvalue weighted by Crippen LogP contribution is 2.28. The van der Waals surface area contributed by atoms with Crippen LogP contribution in [0.4, 0.5) is 0 Å². The average Bonchev–Trinajstić information content (AvgIpc) is 2.86. The zero-order chi connectivity index (χ0) is 12.5. The van der Waals surface area contributed by atoms with Gasteiger partial charge in [-0.25, -0.2) is 4.98 Å². The minimum Gasteiger partial charge on any atom is -0.443 e. The van der Waals surface area contributed by atoms with Gasteiger partial charge in [0.05, 0.1) is 6.10 Å². The van der Waals surface area contributed by atoms with E-state index in [2.05, 4.69) is 4.98 Å². The second kappa shape index (κ2) is 4.53. The summed E-state index contributed by atoms with van der Waals surface area (Å²) in [5.41, 5.74) is 2.10. The lowest BCUT2D eigenvalue weighted by molar-refractivity contribution is 0.0764. The fraction of sp³-hybridized carbons (Fsp3) is 0.429. The molecule has 1 heterocycles. The third kappa shape index (κ3) is 2.04. The number of fused-ring (bicyclic) bond motifs is 1. The van der Waals surface area contributed by atoms with Gasteiger partial charge in [0, 0.05) is 11.5 Å². The molecule has 0 amide bonds. The van der Waals surface area contributed by atoms with E-state index < -0.39 is 0 Å². The smallest absolute Gasteiger partial charge is 0.181 e. The van der Waals surface area contributed by atoms with Crippen LogP contribution in [-0.4, -0.2) is 22.0 Å². The van der Waals surface area contributed by atoms with Crippen LogP contribution in [0.5, 0.6) is 0 Å². The number of Topliss-reactive ketones (excluding diaryl/α,β-unsaturated/α-hetero) is 1. The van der Waals surface area contributed by atoms with Gasteiger partial charge < -0.3 is 9.52 Å². The van der Waals surface area contributed by atoms with E-state index in [-0.39, 0.29) is 17.8 Å². The van der Waals surface area contributed by atoms with Crippen molar-refractivity contribution >= 4 is 16.9 Å². The highest BCUT2D eigenvalue weighted by atomic mass is 16.3. The molecule has 2 aromatic rings. The lowest BCUT2D eigenvalue weighted by atomic mass is 9.82. The van der Waals surface area contributed by atoms with Gasteiger partial charge in [0.15, 0.2) is 17.8 Å². The van der Waals surface area contributed by atoms with E-state index in [1.807, 2.05) is 6.07 Å². The maximum absolute atomic E-state index is 12.3.